The van der Waals surface area contributed by atoms with Crippen LogP contribution in [-0.4, -0.2) is 63.9 Å². The molecule has 2 atom stereocenters. The standard InChI is InChI=1S/C29H33N5O3/c1-21(35)33-15-12-25-9-10-26(34(25)18-22-6-5-13-30-17-22)20-32(19-24-7-3-4-8-27(24)33)29(36)23-11-14-31-28(16-23)37-2/h3-8,11,13-14,16-17,25-26H,9-10,12,15,18-20H2,1-2H3. The van der Waals surface area contributed by atoms with Crippen molar-refractivity contribution >= 4 is 17.5 Å². The molecule has 4 heterocycles. The van der Waals surface area contributed by atoms with Crippen LogP contribution in [0.3, 0.4) is 0 Å². The highest BCUT2D eigenvalue weighted by molar-refractivity contribution is 5.95. The van der Waals surface area contributed by atoms with E-state index in [0.29, 0.717) is 37.1 Å². The van der Waals surface area contributed by atoms with Crippen molar-refractivity contribution in [2.75, 3.05) is 25.1 Å². The number of nitrogens with zero attached hydrogens (tertiary/aromatic N) is 5. The minimum atomic E-state index is -0.0751. The van der Waals surface area contributed by atoms with Gasteiger partial charge in [0.1, 0.15) is 0 Å². The Balaban J connectivity index is 1.54. The molecule has 37 heavy (non-hydrogen) atoms. The summed E-state index contributed by atoms with van der Waals surface area (Å²) in [7, 11) is 1.55. The molecule has 8 heteroatoms. The van der Waals surface area contributed by atoms with E-state index < -0.39 is 0 Å². The van der Waals surface area contributed by atoms with E-state index >= 15 is 0 Å². The fourth-order valence-electron chi connectivity index (χ4n) is 5.63. The van der Waals surface area contributed by atoms with E-state index in [-0.39, 0.29) is 17.9 Å². The molecule has 0 spiro atoms. The molecule has 0 saturated carbocycles. The van der Waals surface area contributed by atoms with Gasteiger partial charge in [0.15, 0.2) is 0 Å². The maximum atomic E-state index is 13.9. The van der Waals surface area contributed by atoms with E-state index in [2.05, 4.69) is 20.9 Å². The number of anilines is 1. The maximum absolute atomic E-state index is 13.9. The predicted octanol–water partition coefficient (Wildman–Crippen LogP) is 3.92. The Morgan fingerprint density at radius 1 is 1.03 bits per heavy atom. The number of aromatic nitrogens is 2. The second-order valence-electron chi connectivity index (χ2n) is 9.78. The Labute approximate surface area is 217 Å². The van der Waals surface area contributed by atoms with Gasteiger partial charge in [-0.05, 0) is 48.6 Å². The highest BCUT2D eigenvalue weighted by Gasteiger charge is 2.37. The summed E-state index contributed by atoms with van der Waals surface area (Å²) in [6.07, 6.45) is 8.20. The van der Waals surface area contributed by atoms with Gasteiger partial charge in [-0.3, -0.25) is 19.5 Å². The number of benzene rings is 1. The van der Waals surface area contributed by atoms with Gasteiger partial charge in [0, 0.05) is 81.1 Å². The van der Waals surface area contributed by atoms with Crippen molar-refractivity contribution in [1.82, 2.24) is 19.8 Å². The number of hydrogen-bond donors (Lipinski definition) is 0. The minimum Gasteiger partial charge on any atom is -0.481 e. The predicted molar refractivity (Wildman–Crippen MR) is 141 cm³/mol. The van der Waals surface area contributed by atoms with Crippen LogP contribution < -0.4 is 9.64 Å². The number of ether oxygens (including phenoxy) is 1. The molecule has 1 aromatic carbocycles. The lowest BCUT2D eigenvalue weighted by atomic mass is 10.1. The number of fused-ring (bicyclic) bond motifs is 3. The van der Waals surface area contributed by atoms with Crippen LogP contribution in [0.15, 0.2) is 67.1 Å². The Morgan fingerprint density at radius 3 is 2.65 bits per heavy atom. The minimum absolute atomic E-state index is 0.0109. The number of methoxy groups -OCH3 is 1. The Hall–Kier alpha value is -3.78. The SMILES string of the molecule is COc1cc(C(=O)N2Cc3ccccc3N(C(C)=O)CCC3CCC(C2)N3Cc2cccnc2)ccn1. The van der Waals surface area contributed by atoms with Crippen LogP contribution >= 0.6 is 0 Å². The van der Waals surface area contributed by atoms with Crippen LogP contribution in [0.4, 0.5) is 5.69 Å². The van der Waals surface area contributed by atoms with Crippen LogP contribution in [0.1, 0.15) is 47.7 Å². The summed E-state index contributed by atoms with van der Waals surface area (Å²) in [5.41, 5.74) is 3.52. The first-order valence-corrected chi connectivity index (χ1v) is 12.8. The lowest BCUT2D eigenvalue weighted by molar-refractivity contribution is -0.116. The molecule has 2 bridgehead atoms. The summed E-state index contributed by atoms with van der Waals surface area (Å²) >= 11 is 0. The summed E-state index contributed by atoms with van der Waals surface area (Å²) < 4.78 is 5.28. The number of carbonyl (C=O) groups is 2. The normalized spacial score (nSPS) is 20.2. The molecular formula is C29H33N5O3. The number of rotatable bonds is 4. The number of amides is 2. The van der Waals surface area contributed by atoms with Gasteiger partial charge < -0.3 is 14.5 Å². The quantitative estimate of drug-likeness (QED) is 0.542. The van der Waals surface area contributed by atoms with Crippen molar-refractivity contribution in [3.05, 3.63) is 83.8 Å². The van der Waals surface area contributed by atoms with Gasteiger partial charge in [-0.15, -0.1) is 0 Å². The monoisotopic (exact) mass is 499 g/mol. The van der Waals surface area contributed by atoms with Crippen molar-refractivity contribution in [2.24, 2.45) is 0 Å². The van der Waals surface area contributed by atoms with E-state index in [0.717, 1.165) is 42.6 Å². The lowest BCUT2D eigenvalue weighted by Crippen LogP contribution is -2.45. The molecule has 2 amide bonds. The largest absolute Gasteiger partial charge is 0.481 e. The molecule has 2 unspecified atom stereocenters. The average molecular weight is 500 g/mol. The van der Waals surface area contributed by atoms with Crippen LogP contribution in [0, 0.1) is 0 Å². The summed E-state index contributed by atoms with van der Waals surface area (Å²) in [5.74, 6) is 0.344. The molecule has 5 rings (SSSR count). The fourth-order valence-corrected chi connectivity index (χ4v) is 5.63. The lowest BCUT2D eigenvalue weighted by Gasteiger charge is -2.34. The first-order valence-electron chi connectivity index (χ1n) is 12.8. The van der Waals surface area contributed by atoms with E-state index in [1.165, 1.54) is 0 Å². The third kappa shape index (κ3) is 5.49. The van der Waals surface area contributed by atoms with Crippen LogP contribution in [0.2, 0.25) is 0 Å². The second-order valence-corrected chi connectivity index (χ2v) is 9.78. The van der Waals surface area contributed by atoms with E-state index in [4.69, 9.17) is 4.74 Å². The van der Waals surface area contributed by atoms with Gasteiger partial charge in [0.2, 0.25) is 11.8 Å². The number of para-hydroxylation sites is 1. The molecule has 192 valence electrons. The van der Waals surface area contributed by atoms with Crippen molar-refractivity contribution in [3.8, 4) is 5.88 Å². The smallest absolute Gasteiger partial charge is 0.254 e. The van der Waals surface area contributed by atoms with Gasteiger partial charge in [-0.1, -0.05) is 24.3 Å². The van der Waals surface area contributed by atoms with Crippen molar-refractivity contribution in [3.63, 3.8) is 0 Å². The molecule has 0 aliphatic carbocycles. The zero-order valence-electron chi connectivity index (χ0n) is 21.4. The number of pyridine rings is 2. The van der Waals surface area contributed by atoms with Crippen molar-refractivity contribution in [2.45, 2.75) is 51.4 Å². The number of hydrogen-bond acceptors (Lipinski definition) is 6. The molecule has 0 N–H and O–H groups in total. The zero-order valence-corrected chi connectivity index (χ0v) is 21.4. The summed E-state index contributed by atoms with van der Waals surface area (Å²) in [5, 5.41) is 0. The highest BCUT2D eigenvalue weighted by atomic mass is 16.5. The summed E-state index contributed by atoms with van der Waals surface area (Å²) in [6, 6.07) is 15.9. The molecule has 2 aliphatic rings. The molecular weight excluding hydrogens is 466 g/mol. The molecule has 1 fully saturated rings. The highest BCUT2D eigenvalue weighted by Crippen LogP contribution is 2.33. The second kappa shape index (κ2) is 11.1. The third-order valence-electron chi connectivity index (χ3n) is 7.48. The maximum Gasteiger partial charge on any atom is 0.254 e. The average Bonchev–Trinajstić information content (AvgIpc) is 3.28. The topological polar surface area (TPSA) is 78.9 Å². The fraction of sp³-hybridized carbons (Fsp3) is 0.379. The number of carbonyl (C=O) groups excluding carboxylic acids is 2. The Bertz CT molecular complexity index is 1250. The van der Waals surface area contributed by atoms with Crippen molar-refractivity contribution in [1.29, 1.82) is 0 Å². The van der Waals surface area contributed by atoms with Gasteiger partial charge in [-0.25, -0.2) is 4.98 Å². The van der Waals surface area contributed by atoms with Gasteiger partial charge in [0.05, 0.1) is 7.11 Å². The van der Waals surface area contributed by atoms with Gasteiger partial charge in [0.25, 0.3) is 5.91 Å². The van der Waals surface area contributed by atoms with Crippen LogP contribution in [-0.2, 0) is 17.9 Å². The summed E-state index contributed by atoms with van der Waals surface area (Å²) in [6.45, 7) is 4.03. The molecule has 1 saturated heterocycles. The van der Waals surface area contributed by atoms with Gasteiger partial charge >= 0.3 is 0 Å². The molecule has 2 aromatic heterocycles. The molecule has 0 radical (unpaired) electrons. The van der Waals surface area contributed by atoms with Crippen molar-refractivity contribution < 1.29 is 14.3 Å². The van der Waals surface area contributed by atoms with Gasteiger partial charge in [-0.2, -0.15) is 0 Å². The zero-order chi connectivity index (χ0) is 25.8. The first kappa shape index (κ1) is 24.9. The van der Waals surface area contributed by atoms with Crippen LogP contribution in [0.25, 0.3) is 0 Å². The third-order valence-corrected chi connectivity index (χ3v) is 7.48. The van der Waals surface area contributed by atoms with E-state index in [9.17, 15) is 9.59 Å². The van der Waals surface area contributed by atoms with E-state index in [1.807, 2.05) is 46.3 Å². The Morgan fingerprint density at radius 2 is 1.86 bits per heavy atom. The molecule has 2 aliphatic heterocycles. The molecule has 8 nitrogen and oxygen atoms in total. The van der Waals surface area contributed by atoms with E-state index in [1.54, 1.807) is 38.6 Å². The van der Waals surface area contributed by atoms with Crippen LogP contribution in [0.5, 0.6) is 5.88 Å². The summed E-state index contributed by atoms with van der Waals surface area (Å²) in [4.78, 5) is 41.5. The first-order chi connectivity index (χ1) is 18.0. The molecule has 3 aromatic rings. The Kier molecular flexibility index (Phi) is 7.46.